The normalized spacial score (nSPS) is 14.7. The number of nitrogen functional groups attached to an aromatic ring is 1. The minimum absolute atomic E-state index is 0.212. The van der Waals surface area contributed by atoms with Crippen LogP contribution in [0.25, 0.3) is 0 Å². The molecule has 0 saturated heterocycles. The maximum atomic E-state index is 12.1. The van der Waals surface area contributed by atoms with Crippen LogP contribution in [0.15, 0.2) is 12.3 Å². The summed E-state index contributed by atoms with van der Waals surface area (Å²) in [5, 5.41) is 25.7. The van der Waals surface area contributed by atoms with Crippen LogP contribution in [0, 0.1) is 11.3 Å². The van der Waals surface area contributed by atoms with Crippen LogP contribution in [0.4, 0.5) is 16.4 Å². The zero-order valence-electron chi connectivity index (χ0n) is 14.7. The number of nitriles is 1. The topological polar surface area (TPSA) is 137 Å². The van der Waals surface area contributed by atoms with Gasteiger partial charge in [-0.3, -0.25) is 10.4 Å². The lowest BCUT2D eigenvalue weighted by Gasteiger charge is -2.23. The fourth-order valence-electron chi connectivity index (χ4n) is 3.36. The molecule has 0 bridgehead atoms. The van der Waals surface area contributed by atoms with Crippen molar-refractivity contribution >= 4 is 17.7 Å². The molecule has 0 atom stereocenters. The molecule has 1 aliphatic carbocycles. The first-order chi connectivity index (χ1) is 12.7. The quantitative estimate of drug-likeness (QED) is 0.589. The summed E-state index contributed by atoms with van der Waals surface area (Å²) in [6, 6.07) is 3.96. The highest BCUT2D eigenvalue weighted by Gasteiger charge is 2.19. The first kappa shape index (κ1) is 17.8. The lowest BCUT2D eigenvalue weighted by atomic mass is 9.96. The molecule has 26 heavy (non-hydrogen) atoms. The summed E-state index contributed by atoms with van der Waals surface area (Å²) in [7, 11) is 0. The predicted octanol–water partition coefficient (Wildman–Crippen LogP) is 2.32. The molecule has 2 heterocycles. The molecular formula is C17H24N8O. The van der Waals surface area contributed by atoms with E-state index in [0.717, 1.165) is 18.7 Å². The molecule has 1 aliphatic rings. The SMILES string of the molecule is N#Cc1c(N)n[nH]c1CCCNC(=O)Nc1ccnn1C1CCCCC1. The Kier molecular flexibility index (Phi) is 5.73. The average molecular weight is 356 g/mol. The van der Waals surface area contributed by atoms with E-state index in [1.54, 1.807) is 6.20 Å². The van der Waals surface area contributed by atoms with Crippen molar-refractivity contribution < 1.29 is 4.79 Å². The number of rotatable bonds is 6. The van der Waals surface area contributed by atoms with Gasteiger partial charge in [-0.2, -0.15) is 15.5 Å². The van der Waals surface area contributed by atoms with Crippen molar-refractivity contribution in [3.05, 3.63) is 23.5 Å². The van der Waals surface area contributed by atoms with Gasteiger partial charge in [0.1, 0.15) is 17.5 Å². The van der Waals surface area contributed by atoms with E-state index in [-0.39, 0.29) is 11.8 Å². The maximum absolute atomic E-state index is 12.1. The molecule has 2 aromatic heterocycles. The zero-order chi connectivity index (χ0) is 18.4. The lowest BCUT2D eigenvalue weighted by Crippen LogP contribution is -2.31. The number of aromatic amines is 1. The molecular weight excluding hydrogens is 332 g/mol. The molecule has 0 unspecified atom stereocenters. The summed E-state index contributed by atoms with van der Waals surface area (Å²) in [4.78, 5) is 12.1. The fourth-order valence-corrected chi connectivity index (χ4v) is 3.36. The van der Waals surface area contributed by atoms with Crippen LogP contribution < -0.4 is 16.4 Å². The van der Waals surface area contributed by atoms with Gasteiger partial charge in [0.25, 0.3) is 0 Å². The summed E-state index contributed by atoms with van der Waals surface area (Å²) in [6.45, 7) is 0.479. The second kappa shape index (κ2) is 8.38. The van der Waals surface area contributed by atoms with Crippen LogP contribution in [0.3, 0.4) is 0 Å². The number of amides is 2. The number of aromatic nitrogens is 4. The van der Waals surface area contributed by atoms with E-state index >= 15 is 0 Å². The van der Waals surface area contributed by atoms with Crippen molar-refractivity contribution in [3.8, 4) is 6.07 Å². The van der Waals surface area contributed by atoms with Crippen molar-refractivity contribution in [2.75, 3.05) is 17.6 Å². The molecule has 0 radical (unpaired) electrons. The van der Waals surface area contributed by atoms with Crippen molar-refractivity contribution in [1.29, 1.82) is 5.26 Å². The second-order valence-electron chi connectivity index (χ2n) is 6.51. The van der Waals surface area contributed by atoms with Crippen LogP contribution >= 0.6 is 0 Å². The Balaban J connectivity index is 1.45. The zero-order valence-corrected chi connectivity index (χ0v) is 14.7. The number of carbonyl (C=O) groups excluding carboxylic acids is 1. The summed E-state index contributed by atoms with van der Waals surface area (Å²) >= 11 is 0. The van der Waals surface area contributed by atoms with Crippen LogP contribution in [-0.2, 0) is 6.42 Å². The van der Waals surface area contributed by atoms with E-state index in [1.807, 2.05) is 16.8 Å². The number of carbonyl (C=O) groups is 1. The number of aryl methyl sites for hydroxylation is 1. The standard InChI is InChI=1S/C17H24N8O/c18-11-13-14(23-24-16(13)19)7-4-9-20-17(26)22-15-8-10-21-25(15)12-5-2-1-3-6-12/h8,10,12H,1-7,9H2,(H3,19,23,24)(H2,20,22,26). The van der Waals surface area contributed by atoms with Crippen LogP contribution in [0.5, 0.6) is 0 Å². The van der Waals surface area contributed by atoms with Gasteiger partial charge < -0.3 is 11.1 Å². The summed E-state index contributed by atoms with van der Waals surface area (Å²) in [5.74, 6) is 0.937. The Morgan fingerprint density at radius 3 is 3.00 bits per heavy atom. The number of nitrogens with zero attached hydrogens (tertiary/aromatic N) is 4. The van der Waals surface area contributed by atoms with E-state index in [2.05, 4.69) is 25.9 Å². The number of hydrogen-bond acceptors (Lipinski definition) is 5. The number of nitrogens with one attached hydrogen (secondary N) is 3. The largest absolute Gasteiger partial charge is 0.381 e. The van der Waals surface area contributed by atoms with Gasteiger partial charge >= 0.3 is 6.03 Å². The number of nitrogens with two attached hydrogens (primary N) is 1. The van der Waals surface area contributed by atoms with E-state index in [9.17, 15) is 4.79 Å². The van der Waals surface area contributed by atoms with E-state index < -0.39 is 0 Å². The molecule has 2 amide bonds. The molecule has 0 aliphatic heterocycles. The number of anilines is 2. The first-order valence-electron chi connectivity index (χ1n) is 9.00. The first-order valence-corrected chi connectivity index (χ1v) is 9.00. The number of urea groups is 1. The summed E-state index contributed by atoms with van der Waals surface area (Å²) in [5.41, 5.74) is 6.68. The van der Waals surface area contributed by atoms with Crippen molar-refractivity contribution in [2.45, 2.75) is 51.0 Å². The molecule has 0 aromatic carbocycles. The summed E-state index contributed by atoms with van der Waals surface area (Å²) < 4.78 is 1.92. The summed E-state index contributed by atoms with van der Waals surface area (Å²) in [6.07, 6.45) is 8.88. The molecule has 0 spiro atoms. The van der Waals surface area contributed by atoms with Gasteiger partial charge in [0, 0.05) is 12.6 Å². The van der Waals surface area contributed by atoms with E-state index in [0.29, 0.717) is 36.7 Å². The minimum atomic E-state index is -0.257. The van der Waals surface area contributed by atoms with Crippen molar-refractivity contribution in [3.63, 3.8) is 0 Å². The van der Waals surface area contributed by atoms with Gasteiger partial charge in [-0.15, -0.1) is 0 Å². The smallest absolute Gasteiger partial charge is 0.320 e. The second-order valence-corrected chi connectivity index (χ2v) is 6.51. The molecule has 3 rings (SSSR count). The van der Waals surface area contributed by atoms with Gasteiger partial charge in [0.05, 0.1) is 17.9 Å². The Morgan fingerprint density at radius 2 is 2.23 bits per heavy atom. The average Bonchev–Trinajstić information content (AvgIpc) is 3.25. The third-order valence-corrected chi connectivity index (χ3v) is 4.70. The van der Waals surface area contributed by atoms with Gasteiger partial charge in [0.2, 0.25) is 0 Å². The van der Waals surface area contributed by atoms with Gasteiger partial charge in [0.15, 0.2) is 5.82 Å². The highest BCUT2D eigenvalue weighted by Crippen LogP contribution is 2.29. The van der Waals surface area contributed by atoms with E-state index in [4.69, 9.17) is 11.0 Å². The van der Waals surface area contributed by atoms with Crippen LogP contribution in [-0.4, -0.2) is 32.6 Å². The Hall–Kier alpha value is -3.02. The van der Waals surface area contributed by atoms with Gasteiger partial charge in [-0.05, 0) is 25.7 Å². The maximum Gasteiger partial charge on any atom is 0.320 e. The molecule has 1 saturated carbocycles. The third kappa shape index (κ3) is 4.14. The molecule has 5 N–H and O–H groups in total. The Bertz CT molecular complexity index is 781. The molecule has 2 aromatic rings. The van der Waals surface area contributed by atoms with Crippen LogP contribution in [0.2, 0.25) is 0 Å². The Morgan fingerprint density at radius 1 is 1.42 bits per heavy atom. The molecule has 138 valence electrons. The van der Waals surface area contributed by atoms with Crippen LogP contribution in [0.1, 0.15) is 55.8 Å². The third-order valence-electron chi connectivity index (χ3n) is 4.70. The monoisotopic (exact) mass is 356 g/mol. The Labute approximate surface area is 151 Å². The van der Waals surface area contributed by atoms with Gasteiger partial charge in [-0.25, -0.2) is 9.48 Å². The van der Waals surface area contributed by atoms with Crippen molar-refractivity contribution in [2.24, 2.45) is 0 Å². The fraction of sp³-hybridized carbons (Fsp3) is 0.529. The number of H-pyrrole nitrogens is 1. The van der Waals surface area contributed by atoms with Gasteiger partial charge in [-0.1, -0.05) is 19.3 Å². The number of hydrogen-bond donors (Lipinski definition) is 4. The molecule has 9 heteroatoms. The van der Waals surface area contributed by atoms with Crippen molar-refractivity contribution in [1.82, 2.24) is 25.3 Å². The highest BCUT2D eigenvalue weighted by atomic mass is 16.2. The van der Waals surface area contributed by atoms with E-state index in [1.165, 1.54) is 19.3 Å². The minimum Gasteiger partial charge on any atom is -0.381 e. The molecule has 9 nitrogen and oxygen atoms in total. The predicted molar refractivity (Wildman–Crippen MR) is 97.4 cm³/mol. The molecule has 1 fully saturated rings. The lowest BCUT2D eigenvalue weighted by molar-refractivity contribution is 0.251. The highest BCUT2D eigenvalue weighted by molar-refractivity contribution is 5.88.